The Hall–Kier alpha value is -4.20. The molecule has 0 radical (unpaired) electrons. The molecule has 0 spiro atoms. The Morgan fingerprint density at radius 1 is 1.00 bits per heavy atom. The zero-order chi connectivity index (χ0) is 24.5. The number of esters is 1. The highest BCUT2D eigenvalue weighted by atomic mass is 16.5. The summed E-state index contributed by atoms with van der Waals surface area (Å²) in [4.78, 5) is 50.2. The second kappa shape index (κ2) is 8.74. The van der Waals surface area contributed by atoms with E-state index in [1.165, 1.54) is 18.9 Å². The van der Waals surface area contributed by atoms with E-state index in [2.05, 4.69) is 28.5 Å². The van der Waals surface area contributed by atoms with Gasteiger partial charge in [0.15, 0.2) is 0 Å². The van der Waals surface area contributed by atoms with Gasteiger partial charge in [-0.15, -0.1) is 0 Å². The maximum atomic E-state index is 13.3. The van der Waals surface area contributed by atoms with Gasteiger partial charge in [-0.25, -0.2) is 4.79 Å². The lowest BCUT2D eigenvalue weighted by Gasteiger charge is -2.34. The summed E-state index contributed by atoms with van der Waals surface area (Å²) in [7, 11) is 1.17. The minimum atomic E-state index is -0.916. The van der Waals surface area contributed by atoms with Crippen LogP contribution in [0.3, 0.4) is 0 Å². The summed E-state index contributed by atoms with van der Waals surface area (Å²) in [6.07, 6.45) is 0. The van der Waals surface area contributed by atoms with Gasteiger partial charge < -0.3 is 15.4 Å². The normalized spacial score (nSPS) is 13.7. The van der Waals surface area contributed by atoms with Gasteiger partial charge in [0.25, 0.3) is 11.8 Å². The number of hydrogen-bond acceptors (Lipinski definition) is 5. The summed E-state index contributed by atoms with van der Waals surface area (Å²) in [6.45, 7) is 12.3. The van der Waals surface area contributed by atoms with Crippen molar-refractivity contribution in [1.82, 2.24) is 10.2 Å². The van der Waals surface area contributed by atoms with Crippen LogP contribution in [0.25, 0.3) is 11.1 Å². The van der Waals surface area contributed by atoms with Crippen molar-refractivity contribution >= 4 is 29.4 Å². The fourth-order valence-corrected chi connectivity index (χ4v) is 4.00. The number of methoxy groups -OCH3 is 1. The Kier molecular flexibility index (Phi) is 6.21. The van der Waals surface area contributed by atoms with Crippen LogP contribution in [0.2, 0.25) is 0 Å². The number of carbonyl (C=O) groups is 4. The molecule has 1 aliphatic rings. The van der Waals surface area contributed by atoms with E-state index in [9.17, 15) is 19.2 Å². The molecule has 0 saturated heterocycles. The van der Waals surface area contributed by atoms with E-state index >= 15 is 0 Å². The highest BCUT2D eigenvalue weighted by Gasteiger charge is 2.47. The summed E-state index contributed by atoms with van der Waals surface area (Å²) in [5.74, 6) is -2.08. The monoisotopic (exact) mass is 447 g/mol. The number of amides is 3. The number of nitrogens with zero attached hydrogens (tertiary/aromatic N) is 1. The summed E-state index contributed by atoms with van der Waals surface area (Å²) in [5, 5.41) is 5.05. The van der Waals surface area contributed by atoms with Crippen molar-refractivity contribution in [2.45, 2.75) is 26.3 Å². The molecule has 3 amide bonds. The van der Waals surface area contributed by atoms with E-state index in [0.717, 1.165) is 16.7 Å². The first-order chi connectivity index (χ1) is 15.5. The number of rotatable bonds is 6. The van der Waals surface area contributed by atoms with Crippen molar-refractivity contribution in [2.75, 3.05) is 12.4 Å². The molecule has 0 aliphatic carbocycles. The van der Waals surface area contributed by atoms with E-state index in [1.54, 1.807) is 24.3 Å². The molecule has 170 valence electrons. The number of anilines is 1. The molecule has 0 atom stereocenters. The van der Waals surface area contributed by atoms with Crippen LogP contribution in [0.5, 0.6) is 0 Å². The van der Waals surface area contributed by atoms with Crippen LogP contribution in [0.1, 0.15) is 36.7 Å². The van der Waals surface area contributed by atoms with Gasteiger partial charge in [0.1, 0.15) is 11.4 Å². The first-order valence-electron chi connectivity index (χ1n) is 10.1. The number of hydrogen-bond donors (Lipinski definition) is 2. The summed E-state index contributed by atoms with van der Waals surface area (Å²) >= 11 is 0. The predicted molar refractivity (Wildman–Crippen MR) is 124 cm³/mol. The van der Waals surface area contributed by atoms with Crippen molar-refractivity contribution in [2.24, 2.45) is 0 Å². The smallest absolute Gasteiger partial charge is 0.353 e. The second-order valence-corrected chi connectivity index (χ2v) is 8.06. The van der Waals surface area contributed by atoms with Gasteiger partial charge in [-0.2, -0.15) is 0 Å². The fraction of sp³-hybridized carbons (Fsp3) is 0.200. The number of ether oxygens (including phenoxy) is 1. The molecule has 1 aliphatic heterocycles. The standard InChI is InChI=1S/C25H25N3O5/c1-14(24(32)33-6)26-22(30)15(2)28-23(31)20-9-7-8-19(21(20)25(28,4)5)17-10-12-18(13-11-17)27-16(3)29/h7-13H,1-2H2,3-6H3,(H,26,30)(H,27,29). The van der Waals surface area contributed by atoms with Gasteiger partial charge in [0, 0.05) is 18.2 Å². The first kappa shape index (κ1) is 23.5. The molecule has 8 nitrogen and oxygen atoms in total. The predicted octanol–water partition coefficient (Wildman–Crippen LogP) is 3.32. The molecule has 0 aromatic heterocycles. The molecule has 8 heteroatoms. The third-order valence-corrected chi connectivity index (χ3v) is 5.41. The molecule has 0 bridgehead atoms. The maximum Gasteiger partial charge on any atom is 0.353 e. The first-order valence-corrected chi connectivity index (χ1v) is 10.1. The largest absolute Gasteiger partial charge is 0.464 e. The molecule has 1 heterocycles. The van der Waals surface area contributed by atoms with Crippen molar-refractivity contribution in [3.63, 3.8) is 0 Å². The van der Waals surface area contributed by atoms with Gasteiger partial charge in [0.2, 0.25) is 5.91 Å². The third kappa shape index (κ3) is 4.27. The average Bonchev–Trinajstić information content (AvgIpc) is 2.98. The molecule has 2 aromatic rings. The minimum absolute atomic E-state index is 0.127. The van der Waals surface area contributed by atoms with Crippen LogP contribution in [-0.4, -0.2) is 35.7 Å². The molecule has 2 aromatic carbocycles. The van der Waals surface area contributed by atoms with Crippen molar-refractivity contribution in [3.05, 3.63) is 78.1 Å². The Morgan fingerprint density at radius 3 is 2.18 bits per heavy atom. The molecule has 3 rings (SSSR count). The van der Waals surface area contributed by atoms with Crippen LogP contribution in [-0.2, 0) is 24.7 Å². The topological polar surface area (TPSA) is 105 Å². The van der Waals surface area contributed by atoms with Gasteiger partial charge in [0.05, 0.1) is 12.6 Å². The summed E-state index contributed by atoms with van der Waals surface area (Å²) < 4.78 is 4.54. The van der Waals surface area contributed by atoms with Gasteiger partial charge in [-0.1, -0.05) is 37.4 Å². The third-order valence-electron chi connectivity index (χ3n) is 5.41. The molecule has 33 heavy (non-hydrogen) atoms. The number of fused-ring (bicyclic) bond motifs is 1. The van der Waals surface area contributed by atoms with Crippen LogP contribution in [0, 0.1) is 0 Å². The number of carbonyl (C=O) groups excluding carboxylic acids is 4. The number of benzene rings is 2. The highest BCUT2D eigenvalue weighted by molar-refractivity contribution is 6.09. The highest BCUT2D eigenvalue weighted by Crippen LogP contribution is 2.45. The zero-order valence-electron chi connectivity index (χ0n) is 18.9. The van der Waals surface area contributed by atoms with Crippen molar-refractivity contribution < 1.29 is 23.9 Å². The fourth-order valence-electron chi connectivity index (χ4n) is 4.00. The van der Waals surface area contributed by atoms with E-state index in [-0.39, 0.29) is 23.2 Å². The number of nitrogens with one attached hydrogen (secondary N) is 2. The van der Waals surface area contributed by atoms with Gasteiger partial charge in [-0.05, 0) is 48.7 Å². The molecule has 0 saturated carbocycles. The Balaban J connectivity index is 1.97. The maximum absolute atomic E-state index is 13.3. The van der Waals surface area contributed by atoms with Crippen LogP contribution < -0.4 is 10.6 Å². The summed E-state index contributed by atoms with van der Waals surface area (Å²) in [6, 6.07) is 12.6. The van der Waals surface area contributed by atoms with Crippen molar-refractivity contribution in [3.8, 4) is 11.1 Å². The molecule has 0 unspecified atom stereocenters. The second-order valence-electron chi connectivity index (χ2n) is 8.06. The van der Waals surface area contributed by atoms with E-state index in [1.807, 2.05) is 32.0 Å². The van der Waals surface area contributed by atoms with E-state index in [0.29, 0.717) is 11.3 Å². The Labute approximate surface area is 191 Å². The van der Waals surface area contributed by atoms with Gasteiger partial charge in [-0.3, -0.25) is 19.3 Å². The molecule has 2 N–H and O–H groups in total. The van der Waals surface area contributed by atoms with E-state index < -0.39 is 17.4 Å². The lowest BCUT2D eigenvalue weighted by molar-refractivity contribution is -0.137. The quantitative estimate of drug-likeness (QED) is 0.522. The zero-order valence-corrected chi connectivity index (χ0v) is 18.9. The Morgan fingerprint density at radius 2 is 1.61 bits per heavy atom. The molecular weight excluding hydrogens is 422 g/mol. The lowest BCUT2D eigenvalue weighted by Crippen LogP contribution is -2.43. The Bertz CT molecular complexity index is 1200. The summed E-state index contributed by atoms with van der Waals surface area (Å²) in [5.41, 5.74) is 2.20. The lowest BCUT2D eigenvalue weighted by atomic mass is 9.86. The molecule has 0 fully saturated rings. The van der Waals surface area contributed by atoms with Crippen LogP contribution in [0.15, 0.2) is 67.0 Å². The molecular formula is C25H25N3O5. The van der Waals surface area contributed by atoms with Crippen molar-refractivity contribution in [1.29, 1.82) is 0 Å². The minimum Gasteiger partial charge on any atom is -0.464 e. The van der Waals surface area contributed by atoms with E-state index in [4.69, 9.17) is 0 Å². The van der Waals surface area contributed by atoms with Crippen LogP contribution in [0.4, 0.5) is 5.69 Å². The van der Waals surface area contributed by atoms with Gasteiger partial charge >= 0.3 is 5.97 Å². The van der Waals surface area contributed by atoms with Crippen LogP contribution >= 0.6 is 0 Å². The SMILES string of the molecule is C=C(NC(=O)C(=C)N1C(=O)c2cccc(-c3ccc(NC(C)=O)cc3)c2C1(C)C)C(=O)OC. The average molecular weight is 447 g/mol.